The molecule has 2 aromatic rings. The van der Waals surface area contributed by atoms with Gasteiger partial charge in [-0.25, -0.2) is 0 Å². The number of nitrogens with zero attached hydrogens (tertiary/aromatic N) is 3. The second kappa shape index (κ2) is 7.24. The topological polar surface area (TPSA) is 133 Å². The lowest BCUT2D eigenvalue weighted by atomic mass is 10.2. The predicted octanol–water partition coefficient (Wildman–Crippen LogP) is 2.16. The van der Waals surface area contributed by atoms with Crippen LogP contribution in [-0.2, 0) is 4.79 Å². The number of carbonyl (C=O) groups excluding carboxylic acids is 1. The molecule has 0 saturated heterocycles. The number of nitrogen functional groups attached to an aromatic ring is 1. The van der Waals surface area contributed by atoms with Crippen molar-refractivity contribution in [2.45, 2.75) is 16.5 Å². The molecule has 1 aromatic carbocycles. The molecule has 3 N–H and O–H groups in total. The van der Waals surface area contributed by atoms with Gasteiger partial charge in [-0.1, -0.05) is 23.1 Å². The SMILES string of the molecule is COc1ccc([N+](=O)[O-])cc1NC(=O)C(C)Sc1nnc(N)s1. The number of nitrogens with one attached hydrogen (secondary N) is 1. The van der Waals surface area contributed by atoms with Crippen LogP contribution < -0.4 is 15.8 Å². The van der Waals surface area contributed by atoms with Crippen molar-refractivity contribution >= 4 is 45.5 Å². The molecule has 11 heteroatoms. The molecule has 0 aliphatic heterocycles. The van der Waals surface area contributed by atoms with Crippen LogP contribution in [0, 0.1) is 10.1 Å². The number of non-ortho nitro benzene ring substituents is 1. The number of ether oxygens (including phenoxy) is 1. The van der Waals surface area contributed by atoms with E-state index in [0.717, 1.165) is 0 Å². The fraction of sp³-hybridized carbons (Fsp3) is 0.250. The van der Waals surface area contributed by atoms with Gasteiger partial charge in [0.15, 0.2) is 4.34 Å². The van der Waals surface area contributed by atoms with Crippen molar-refractivity contribution in [1.82, 2.24) is 10.2 Å². The Morgan fingerprint density at radius 2 is 2.26 bits per heavy atom. The molecule has 0 aliphatic rings. The molecule has 1 unspecified atom stereocenters. The quantitative estimate of drug-likeness (QED) is 0.457. The molecule has 1 heterocycles. The zero-order chi connectivity index (χ0) is 17.0. The summed E-state index contributed by atoms with van der Waals surface area (Å²) in [5.41, 5.74) is 5.58. The summed E-state index contributed by atoms with van der Waals surface area (Å²) in [5, 5.41) is 20.8. The summed E-state index contributed by atoms with van der Waals surface area (Å²) < 4.78 is 5.67. The Morgan fingerprint density at radius 3 is 2.83 bits per heavy atom. The van der Waals surface area contributed by atoms with Gasteiger partial charge >= 0.3 is 0 Å². The number of methoxy groups -OCH3 is 1. The van der Waals surface area contributed by atoms with Crippen LogP contribution in [0.4, 0.5) is 16.5 Å². The minimum atomic E-state index is -0.544. The Hall–Kier alpha value is -2.40. The zero-order valence-electron chi connectivity index (χ0n) is 12.2. The van der Waals surface area contributed by atoms with E-state index in [2.05, 4.69) is 15.5 Å². The molecule has 0 fully saturated rings. The van der Waals surface area contributed by atoms with Crippen LogP contribution in [0.5, 0.6) is 5.75 Å². The van der Waals surface area contributed by atoms with Crippen LogP contribution in [0.15, 0.2) is 22.5 Å². The molecule has 23 heavy (non-hydrogen) atoms. The van der Waals surface area contributed by atoms with Gasteiger partial charge in [0, 0.05) is 12.1 Å². The van der Waals surface area contributed by atoms with Crippen molar-refractivity contribution in [3.05, 3.63) is 28.3 Å². The number of thioether (sulfide) groups is 1. The largest absolute Gasteiger partial charge is 0.495 e. The van der Waals surface area contributed by atoms with E-state index in [1.807, 2.05) is 0 Å². The van der Waals surface area contributed by atoms with Crippen LogP contribution in [0.3, 0.4) is 0 Å². The molecule has 122 valence electrons. The van der Waals surface area contributed by atoms with Gasteiger partial charge in [-0.2, -0.15) is 0 Å². The lowest BCUT2D eigenvalue weighted by molar-refractivity contribution is -0.384. The number of nitro groups is 1. The number of benzene rings is 1. The highest BCUT2D eigenvalue weighted by Gasteiger charge is 2.20. The molecule has 1 atom stereocenters. The van der Waals surface area contributed by atoms with Crippen molar-refractivity contribution in [3.63, 3.8) is 0 Å². The molecule has 0 aliphatic carbocycles. The first-order valence-corrected chi connectivity index (χ1v) is 7.99. The van der Waals surface area contributed by atoms with Gasteiger partial charge in [-0.05, 0) is 13.0 Å². The number of nitro benzene ring substituents is 1. The van der Waals surface area contributed by atoms with Gasteiger partial charge in [0.1, 0.15) is 5.75 Å². The van der Waals surface area contributed by atoms with Gasteiger partial charge in [-0.15, -0.1) is 10.2 Å². The van der Waals surface area contributed by atoms with E-state index in [0.29, 0.717) is 15.2 Å². The Bertz CT molecular complexity index is 736. The summed E-state index contributed by atoms with van der Waals surface area (Å²) in [6.07, 6.45) is 0. The number of nitrogens with two attached hydrogens (primary N) is 1. The highest BCUT2D eigenvalue weighted by Crippen LogP contribution is 2.31. The van der Waals surface area contributed by atoms with E-state index in [1.54, 1.807) is 6.92 Å². The lowest BCUT2D eigenvalue weighted by Gasteiger charge is -2.13. The first-order chi connectivity index (χ1) is 10.9. The molecule has 1 aromatic heterocycles. The molecule has 0 radical (unpaired) electrons. The monoisotopic (exact) mass is 355 g/mol. The van der Waals surface area contributed by atoms with Crippen molar-refractivity contribution < 1.29 is 14.5 Å². The second-order valence-electron chi connectivity index (χ2n) is 4.30. The van der Waals surface area contributed by atoms with Crippen molar-refractivity contribution in [3.8, 4) is 5.75 Å². The maximum Gasteiger partial charge on any atom is 0.271 e. The Morgan fingerprint density at radius 1 is 1.52 bits per heavy atom. The highest BCUT2D eigenvalue weighted by atomic mass is 32.2. The maximum absolute atomic E-state index is 12.2. The third-order valence-electron chi connectivity index (χ3n) is 2.72. The predicted molar refractivity (Wildman–Crippen MR) is 87.9 cm³/mol. The number of amides is 1. The molecular formula is C12H13N5O4S2. The third-order valence-corrected chi connectivity index (χ3v) is 4.66. The van der Waals surface area contributed by atoms with E-state index in [9.17, 15) is 14.9 Å². The van der Waals surface area contributed by atoms with Gasteiger partial charge in [0.25, 0.3) is 5.69 Å². The van der Waals surface area contributed by atoms with E-state index < -0.39 is 10.2 Å². The molecule has 9 nitrogen and oxygen atoms in total. The van der Waals surface area contributed by atoms with Gasteiger partial charge < -0.3 is 15.8 Å². The van der Waals surface area contributed by atoms with Crippen molar-refractivity contribution in [1.29, 1.82) is 0 Å². The van der Waals surface area contributed by atoms with Crippen LogP contribution in [0.2, 0.25) is 0 Å². The highest BCUT2D eigenvalue weighted by molar-refractivity contribution is 8.02. The normalized spacial score (nSPS) is 11.7. The summed E-state index contributed by atoms with van der Waals surface area (Å²) >= 11 is 2.37. The molecule has 0 saturated carbocycles. The van der Waals surface area contributed by atoms with E-state index >= 15 is 0 Å². The molecule has 2 rings (SSSR count). The number of aromatic nitrogens is 2. The van der Waals surface area contributed by atoms with E-state index in [-0.39, 0.29) is 17.3 Å². The average molecular weight is 355 g/mol. The van der Waals surface area contributed by atoms with E-state index in [4.69, 9.17) is 10.5 Å². The Labute approximate surface area is 139 Å². The number of anilines is 2. The first-order valence-electron chi connectivity index (χ1n) is 6.29. The minimum absolute atomic E-state index is 0.140. The first kappa shape index (κ1) is 17.0. The number of carbonyl (C=O) groups is 1. The maximum atomic E-state index is 12.2. The minimum Gasteiger partial charge on any atom is -0.495 e. The standard InChI is InChI=1S/C12H13N5O4S2/c1-6(22-12-16-15-11(13)23-12)10(18)14-8-5-7(17(19)20)3-4-9(8)21-2/h3-6H,1-2H3,(H2,13,15)(H,14,18). The molecular weight excluding hydrogens is 342 g/mol. The fourth-order valence-electron chi connectivity index (χ4n) is 1.61. The molecule has 1 amide bonds. The molecule has 0 bridgehead atoms. The zero-order valence-corrected chi connectivity index (χ0v) is 13.8. The van der Waals surface area contributed by atoms with Crippen LogP contribution in [0.1, 0.15) is 6.92 Å². The lowest BCUT2D eigenvalue weighted by Crippen LogP contribution is -2.22. The summed E-state index contributed by atoms with van der Waals surface area (Å²) in [5.74, 6) is -0.0103. The van der Waals surface area contributed by atoms with Crippen LogP contribution in [0.25, 0.3) is 0 Å². The Kier molecular flexibility index (Phi) is 5.34. The summed E-state index contributed by atoms with van der Waals surface area (Å²) in [6.45, 7) is 1.68. The van der Waals surface area contributed by atoms with Crippen molar-refractivity contribution in [2.24, 2.45) is 0 Å². The smallest absolute Gasteiger partial charge is 0.271 e. The average Bonchev–Trinajstić information content (AvgIpc) is 2.92. The van der Waals surface area contributed by atoms with Crippen LogP contribution in [-0.4, -0.2) is 33.4 Å². The Balaban J connectivity index is 2.12. The van der Waals surface area contributed by atoms with Gasteiger partial charge in [0.05, 0.1) is 23.0 Å². The van der Waals surface area contributed by atoms with Gasteiger partial charge in [0.2, 0.25) is 11.0 Å². The number of hydrogen-bond acceptors (Lipinski definition) is 9. The van der Waals surface area contributed by atoms with Crippen LogP contribution >= 0.6 is 23.1 Å². The number of rotatable bonds is 6. The summed E-state index contributed by atoms with van der Waals surface area (Å²) in [4.78, 5) is 22.5. The summed E-state index contributed by atoms with van der Waals surface area (Å²) in [6, 6.07) is 3.98. The second-order valence-corrected chi connectivity index (χ2v) is 6.89. The third kappa shape index (κ3) is 4.29. The summed E-state index contributed by atoms with van der Waals surface area (Å²) in [7, 11) is 1.42. The number of hydrogen-bond donors (Lipinski definition) is 2. The molecule has 0 spiro atoms. The van der Waals surface area contributed by atoms with Crippen molar-refractivity contribution in [2.75, 3.05) is 18.2 Å². The van der Waals surface area contributed by atoms with E-state index in [1.165, 1.54) is 48.4 Å². The fourth-order valence-corrected chi connectivity index (χ4v) is 3.39. The van der Waals surface area contributed by atoms with Gasteiger partial charge in [-0.3, -0.25) is 14.9 Å².